The molecule has 0 bridgehead atoms. The van der Waals surface area contributed by atoms with E-state index < -0.39 is 32.2 Å². The summed E-state index contributed by atoms with van der Waals surface area (Å²) in [5, 5.41) is 0. The Morgan fingerprint density at radius 2 is 1.61 bits per heavy atom. The maximum absolute atomic E-state index is 13.2. The van der Waals surface area contributed by atoms with Gasteiger partial charge in [-0.1, -0.05) is 41.5 Å². The third-order valence-corrected chi connectivity index (χ3v) is 12.0. The van der Waals surface area contributed by atoms with E-state index in [-0.39, 0.29) is 5.91 Å². The Morgan fingerprint density at radius 3 is 2.00 bits per heavy atom. The molecule has 1 aliphatic rings. The number of nitrogens with zero attached hydrogens (tertiary/aromatic N) is 2. The van der Waals surface area contributed by atoms with E-state index >= 15 is 0 Å². The summed E-state index contributed by atoms with van der Waals surface area (Å²) in [5.74, 6) is 0.238. The molecule has 2 unspecified atom stereocenters. The van der Waals surface area contributed by atoms with Crippen LogP contribution in [0.25, 0.3) is 0 Å². The van der Waals surface area contributed by atoms with Crippen LogP contribution in [0.4, 0.5) is 4.79 Å². The number of methoxy groups -OCH3 is 1. The van der Waals surface area contributed by atoms with Gasteiger partial charge in [-0.2, -0.15) is 0 Å². The lowest BCUT2D eigenvalue weighted by Gasteiger charge is -2.51. The second kappa shape index (κ2) is 9.28. The van der Waals surface area contributed by atoms with Gasteiger partial charge in [0, 0.05) is 0 Å². The largest absolute Gasteiger partial charge is 0.495 e. The highest BCUT2D eigenvalue weighted by Gasteiger charge is 2.59. The van der Waals surface area contributed by atoms with Gasteiger partial charge in [0.25, 0.3) is 5.91 Å². The third kappa shape index (κ3) is 4.95. The number of carbonyl (C=O) groups excluding carboxylic acids is 2. The third-order valence-electron chi connectivity index (χ3n) is 5.97. The first-order valence-electron chi connectivity index (χ1n) is 11.0. The molecule has 2 atom stereocenters. The summed E-state index contributed by atoms with van der Waals surface area (Å²) >= 11 is 0. The monoisotopic (exact) mass is 450 g/mol. The van der Waals surface area contributed by atoms with Crippen LogP contribution < -0.4 is 4.74 Å². The van der Waals surface area contributed by atoms with Crippen LogP contribution in [0.3, 0.4) is 0 Å². The molecule has 2 heterocycles. The molecule has 2 amide bonds. The van der Waals surface area contributed by atoms with Gasteiger partial charge in [-0.15, -0.1) is 0 Å². The molecular weight excluding hydrogens is 412 g/mol. The van der Waals surface area contributed by atoms with Gasteiger partial charge < -0.3 is 13.9 Å². The molecule has 0 N–H and O–H groups in total. The van der Waals surface area contributed by atoms with Crippen LogP contribution in [0, 0.1) is 0 Å². The number of likely N-dealkylation sites (tertiary alicyclic amines) is 1. The van der Waals surface area contributed by atoms with E-state index in [1.165, 1.54) is 0 Å². The predicted octanol–water partition coefficient (Wildman–Crippen LogP) is 5.47. The predicted molar refractivity (Wildman–Crippen MR) is 123 cm³/mol. The molecule has 31 heavy (non-hydrogen) atoms. The van der Waals surface area contributed by atoms with Crippen molar-refractivity contribution in [2.45, 2.75) is 96.7 Å². The SMILES string of the molecule is COc1ccc(C2C(O[Si](C(C)C)(C(C)C)C(C)C)C(=O)N2C(=O)OC(C)(C)C)nc1. The molecule has 0 aromatic carbocycles. The molecule has 0 aliphatic carbocycles. The van der Waals surface area contributed by atoms with Gasteiger partial charge in [-0.3, -0.25) is 9.78 Å². The van der Waals surface area contributed by atoms with Crippen LogP contribution >= 0.6 is 0 Å². The Kier molecular flexibility index (Phi) is 7.58. The van der Waals surface area contributed by atoms with Gasteiger partial charge in [-0.05, 0) is 49.5 Å². The summed E-state index contributed by atoms with van der Waals surface area (Å²) < 4.78 is 17.5. The van der Waals surface area contributed by atoms with Gasteiger partial charge in [0.2, 0.25) is 8.32 Å². The molecule has 7 nitrogen and oxygen atoms in total. The fraction of sp³-hybridized carbons (Fsp3) is 0.696. The fourth-order valence-corrected chi connectivity index (χ4v) is 10.2. The first-order valence-corrected chi connectivity index (χ1v) is 13.1. The number of rotatable bonds is 7. The minimum Gasteiger partial charge on any atom is -0.495 e. The minimum atomic E-state index is -2.36. The fourth-order valence-electron chi connectivity index (χ4n) is 4.69. The van der Waals surface area contributed by atoms with Crippen molar-refractivity contribution >= 4 is 20.3 Å². The number of ether oxygens (including phenoxy) is 2. The summed E-state index contributed by atoms with van der Waals surface area (Å²) in [7, 11) is -0.792. The zero-order valence-corrected chi connectivity index (χ0v) is 21.6. The molecule has 0 saturated carbocycles. The average Bonchev–Trinajstić information content (AvgIpc) is 2.64. The number of aromatic nitrogens is 1. The van der Waals surface area contributed by atoms with Gasteiger partial charge in [-0.25, -0.2) is 9.69 Å². The molecule has 0 radical (unpaired) electrons. The second-order valence-electron chi connectivity index (χ2n) is 10.1. The van der Waals surface area contributed by atoms with E-state index in [0.717, 1.165) is 4.90 Å². The zero-order valence-electron chi connectivity index (χ0n) is 20.6. The number of imide groups is 1. The van der Waals surface area contributed by atoms with E-state index in [9.17, 15) is 9.59 Å². The van der Waals surface area contributed by atoms with Crippen molar-refractivity contribution in [1.29, 1.82) is 0 Å². The highest BCUT2D eigenvalue weighted by atomic mass is 28.4. The number of pyridine rings is 1. The summed E-state index contributed by atoms with van der Waals surface area (Å²) in [6.07, 6.45) is 0.152. The van der Waals surface area contributed by atoms with Gasteiger partial charge >= 0.3 is 6.09 Å². The standard InChI is InChI=1S/C23H38N2O5Si/c1-14(2)31(15(3)4,16(5)6)30-20-19(18-12-11-17(28-10)13-24-18)25(21(20)26)22(27)29-23(7,8)9/h11-16,19-20H,1-10H3. The van der Waals surface area contributed by atoms with Crippen molar-refractivity contribution in [3.8, 4) is 5.75 Å². The van der Waals surface area contributed by atoms with E-state index in [2.05, 4.69) is 46.5 Å². The average molecular weight is 451 g/mol. The molecular formula is C23H38N2O5Si. The van der Waals surface area contributed by atoms with Gasteiger partial charge in [0.15, 0.2) is 6.10 Å². The Bertz CT molecular complexity index is 764. The molecule has 0 spiro atoms. The van der Waals surface area contributed by atoms with Crippen molar-refractivity contribution in [2.75, 3.05) is 7.11 Å². The Hall–Kier alpha value is -1.93. The van der Waals surface area contributed by atoms with Crippen LogP contribution in [0.15, 0.2) is 18.3 Å². The number of amides is 2. The summed E-state index contributed by atoms with van der Waals surface area (Å²) in [6, 6.07) is 2.91. The van der Waals surface area contributed by atoms with E-state index in [1.54, 1.807) is 46.2 Å². The van der Waals surface area contributed by atoms with Crippen molar-refractivity contribution in [1.82, 2.24) is 9.88 Å². The molecule has 1 aromatic heterocycles. The maximum atomic E-state index is 13.2. The minimum absolute atomic E-state index is 0.306. The van der Waals surface area contributed by atoms with E-state index in [1.807, 2.05) is 0 Å². The van der Waals surface area contributed by atoms with Crippen LogP contribution in [-0.2, 0) is 14.0 Å². The summed E-state index contributed by atoms with van der Waals surface area (Å²) in [5.41, 5.74) is 0.782. The summed E-state index contributed by atoms with van der Waals surface area (Å²) in [4.78, 5) is 31.7. The zero-order chi connectivity index (χ0) is 23.7. The Morgan fingerprint density at radius 1 is 1.06 bits per heavy atom. The Balaban J connectivity index is 2.47. The summed E-state index contributed by atoms with van der Waals surface area (Å²) in [6.45, 7) is 18.3. The maximum Gasteiger partial charge on any atom is 0.417 e. The van der Waals surface area contributed by atoms with Crippen molar-refractivity contribution in [3.63, 3.8) is 0 Å². The number of hydrogen-bond acceptors (Lipinski definition) is 6. The number of hydrogen-bond donors (Lipinski definition) is 0. The molecule has 1 fully saturated rings. The lowest BCUT2D eigenvalue weighted by molar-refractivity contribution is -0.163. The number of carbonyl (C=O) groups is 2. The van der Waals surface area contributed by atoms with Crippen LogP contribution in [0.5, 0.6) is 5.75 Å². The van der Waals surface area contributed by atoms with Crippen LogP contribution in [0.1, 0.15) is 74.0 Å². The smallest absolute Gasteiger partial charge is 0.417 e. The molecule has 8 heteroatoms. The van der Waals surface area contributed by atoms with Crippen molar-refractivity contribution in [3.05, 3.63) is 24.0 Å². The quantitative estimate of drug-likeness (QED) is 0.405. The highest BCUT2D eigenvalue weighted by molar-refractivity contribution is 6.77. The molecule has 1 saturated heterocycles. The lowest BCUT2D eigenvalue weighted by Crippen LogP contribution is -2.66. The van der Waals surface area contributed by atoms with Crippen LogP contribution in [0.2, 0.25) is 16.6 Å². The Labute approximate surface area is 187 Å². The molecule has 2 rings (SSSR count). The normalized spacial score (nSPS) is 19.8. The molecule has 1 aliphatic heterocycles. The number of β-lactam (4-membered cyclic amide) rings is 1. The molecule has 1 aromatic rings. The molecule has 174 valence electrons. The second-order valence-corrected chi connectivity index (χ2v) is 15.5. The van der Waals surface area contributed by atoms with Gasteiger partial charge in [0.05, 0.1) is 19.0 Å². The topological polar surface area (TPSA) is 78.0 Å². The first-order chi connectivity index (χ1) is 14.3. The first kappa shape index (κ1) is 25.3. The van der Waals surface area contributed by atoms with Crippen molar-refractivity contribution < 1.29 is 23.5 Å². The van der Waals surface area contributed by atoms with E-state index in [0.29, 0.717) is 28.1 Å². The van der Waals surface area contributed by atoms with Crippen molar-refractivity contribution in [2.24, 2.45) is 0 Å². The lowest BCUT2D eigenvalue weighted by atomic mass is 9.95. The van der Waals surface area contributed by atoms with Crippen LogP contribution in [-0.4, -0.2) is 49.0 Å². The van der Waals surface area contributed by atoms with E-state index in [4.69, 9.17) is 13.9 Å². The highest BCUT2D eigenvalue weighted by Crippen LogP contribution is 2.47. The van der Waals surface area contributed by atoms with Gasteiger partial charge in [0.1, 0.15) is 17.4 Å².